The lowest BCUT2D eigenvalue weighted by Gasteiger charge is -2.37. The average Bonchev–Trinajstić information content (AvgIpc) is 2.89. The fraction of sp³-hybridized carbons (Fsp3) is 0.310. The van der Waals surface area contributed by atoms with Gasteiger partial charge in [-0.15, -0.1) is 0 Å². The quantitative estimate of drug-likeness (QED) is 0.428. The number of benzene rings is 3. The highest BCUT2D eigenvalue weighted by Crippen LogP contribution is 2.30. The first-order valence-electron chi connectivity index (χ1n) is 12.2. The average molecular weight is 522 g/mol. The minimum absolute atomic E-state index is 0.148. The first-order chi connectivity index (χ1) is 17.8. The molecule has 0 aliphatic carbocycles. The van der Waals surface area contributed by atoms with E-state index in [0.717, 1.165) is 27.9 Å². The van der Waals surface area contributed by atoms with Crippen molar-refractivity contribution in [1.82, 2.24) is 4.90 Å². The fourth-order valence-electron chi connectivity index (χ4n) is 4.66. The molecule has 1 aliphatic heterocycles. The third kappa shape index (κ3) is 6.20. The van der Waals surface area contributed by atoms with Crippen molar-refractivity contribution in [3.8, 4) is 11.5 Å². The second-order valence-corrected chi connectivity index (χ2v) is 9.59. The van der Waals surface area contributed by atoms with E-state index in [1.165, 1.54) is 6.07 Å². The third-order valence-electron chi connectivity index (χ3n) is 6.47. The van der Waals surface area contributed by atoms with Crippen molar-refractivity contribution in [3.05, 3.63) is 82.7 Å². The molecule has 8 heteroatoms. The molecule has 1 N–H and O–H groups in total. The number of piperazine rings is 1. The van der Waals surface area contributed by atoms with E-state index in [9.17, 15) is 9.18 Å². The summed E-state index contributed by atoms with van der Waals surface area (Å²) in [4.78, 5) is 17.4. The molecule has 194 valence electrons. The van der Waals surface area contributed by atoms with Crippen LogP contribution in [0.25, 0.3) is 0 Å². The smallest absolute Gasteiger partial charge is 0.262 e. The van der Waals surface area contributed by atoms with Gasteiger partial charge in [0.25, 0.3) is 5.91 Å². The Hall–Kier alpha value is -3.65. The number of anilines is 2. The Balaban J connectivity index is 1.36. The summed E-state index contributed by atoms with van der Waals surface area (Å²) in [6.07, 6.45) is 0. The number of carbonyl (C=O) groups excluding carboxylic acids is 1. The number of hydrogen-bond acceptors (Lipinski definition) is 5. The molecule has 0 saturated carbocycles. The summed E-state index contributed by atoms with van der Waals surface area (Å²) in [5, 5.41) is 2.95. The van der Waals surface area contributed by atoms with Crippen LogP contribution >= 0.6 is 12.2 Å². The largest absolute Gasteiger partial charge is 0.493 e. The molecule has 0 aromatic heterocycles. The molecule has 0 radical (unpaired) electrons. The summed E-state index contributed by atoms with van der Waals surface area (Å²) < 4.78 is 25.5. The Kier molecular flexibility index (Phi) is 8.28. The maximum absolute atomic E-state index is 14.2. The van der Waals surface area contributed by atoms with Gasteiger partial charge in [0.15, 0.2) is 18.1 Å². The van der Waals surface area contributed by atoms with E-state index in [0.29, 0.717) is 48.4 Å². The Labute approximate surface area is 223 Å². The number of thiocarbonyl (C=S) groups is 1. The number of methoxy groups -OCH3 is 1. The van der Waals surface area contributed by atoms with Gasteiger partial charge in [0, 0.05) is 37.4 Å². The van der Waals surface area contributed by atoms with Gasteiger partial charge in [-0.2, -0.15) is 0 Å². The van der Waals surface area contributed by atoms with Crippen LogP contribution < -0.4 is 19.7 Å². The first kappa shape index (κ1) is 26.4. The monoisotopic (exact) mass is 521 g/mol. The van der Waals surface area contributed by atoms with Crippen LogP contribution in [-0.2, 0) is 4.79 Å². The summed E-state index contributed by atoms with van der Waals surface area (Å²) in [5.41, 5.74) is 5.43. The number of ether oxygens (including phenoxy) is 2. The maximum Gasteiger partial charge on any atom is 0.262 e. The molecule has 1 aliphatic rings. The Bertz CT molecular complexity index is 1280. The normalized spacial score (nSPS) is 13.3. The number of amides is 1. The summed E-state index contributed by atoms with van der Waals surface area (Å²) in [6, 6.07) is 16.4. The van der Waals surface area contributed by atoms with Crippen LogP contribution in [0, 0.1) is 26.6 Å². The molecule has 1 saturated heterocycles. The lowest BCUT2D eigenvalue weighted by molar-refractivity contribution is -0.118. The van der Waals surface area contributed by atoms with Crippen LogP contribution in [0.5, 0.6) is 11.5 Å². The van der Waals surface area contributed by atoms with Crippen molar-refractivity contribution >= 4 is 34.5 Å². The Morgan fingerprint density at radius 3 is 2.30 bits per heavy atom. The summed E-state index contributed by atoms with van der Waals surface area (Å²) >= 11 is 5.76. The number of aryl methyl sites for hydroxylation is 3. The van der Waals surface area contributed by atoms with Gasteiger partial charge in [-0.3, -0.25) is 4.79 Å². The number of nitrogens with one attached hydrogen (secondary N) is 1. The molecule has 0 atom stereocenters. The molecule has 1 amide bonds. The van der Waals surface area contributed by atoms with Crippen LogP contribution in [-0.4, -0.2) is 55.7 Å². The standard InChI is InChI=1S/C29H32FN3O3S/c1-19-15-20(2)28(21(3)16-19)31-27(34)18-36-25-10-9-22(17-26(25)35-4)29(37)33-13-11-32(12-14-33)24-8-6-5-7-23(24)30/h5-10,15-17H,11-14,18H2,1-4H3,(H,31,34). The predicted molar refractivity (Wildman–Crippen MR) is 150 cm³/mol. The number of carbonyl (C=O) groups is 1. The number of para-hydroxylation sites is 1. The zero-order chi connectivity index (χ0) is 26.5. The Morgan fingerprint density at radius 1 is 0.973 bits per heavy atom. The van der Waals surface area contributed by atoms with Crippen molar-refractivity contribution in [1.29, 1.82) is 0 Å². The first-order valence-corrected chi connectivity index (χ1v) is 12.6. The molecule has 4 rings (SSSR count). The predicted octanol–water partition coefficient (Wildman–Crippen LogP) is 5.27. The summed E-state index contributed by atoms with van der Waals surface area (Å²) in [7, 11) is 1.56. The number of hydrogen-bond donors (Lipinski definition) is 1. The van der Waals surface area contributed by atoms with E-state index in [2.05, 4.69) is 10.2 Å². The van der Waals surface area contributed by atoms with Gasteiger partial charge in [-0.05, 0) is 62.2 Å². The minimum Gasteiger partial charge on any atom is -0.493 e. The fourth-order valence-corrected chi connectivity index (χ4v) is 4.97. The lowest BCUT2D eigenvalue weighted by atomic mass is 10.1. The number of rotatable bonds is 7. The highest BCUT2D eigenvalue weighted by atomic mass is 32.1. The maximum atomic E-state index is 14.2. The highest BCUT2D eigenvalue weighted by molar-refractivity contribution is 7.80. The van der Waals surface area contributed by atoms with E-state index in [1.54, 1.807) is 25.3 Å². The molecule has 0 spiro atoms. The van der Waals surface area contributed by atoms with E-state index in [4.69, 9.17) is 21.7 Å². The van der Waals surface area contributed by atoms with E-state index >= 15 is 0 Å². The number of nitrogens with zero attached hydrogens (tertiary/aromatic N) is 2. The van der Waals surface area contributed by atoms with Crippen molar-refractivity contribution < 1.29 is 18.7 Å². The third-order valence-corrected chi connectivity index (χ3v) is 6.96. The zero-order valence-corrected chi connectivity index (χ0v) is 22.5. The molecule has 37 heavy (non-hydrogen) atoms. The van der Waals surface area contributed by atoms with Gasteiger partial charge in [0.05, 0.1) is 12.8 Å². The molecule has 6 nitrogen and oxygen atoms in total. The SMILES string of the molecule is COc1cc(C(=S)N2CCN(c3ccccc3F)CC2)ccc1OCC(=O)Nc1c(C)cc(C)cc1C. The molecule has 3 aromatic carbocycles. The second-order valence-electron chi connectivity index (χ2n) is 9.21. The van der Waals surface area contributed by atoms with Crippen LogP contribution in [0.1, 0.15) is 22.3 Å². The highest BCUT2D eigenvalue weighted by Gasteiger charge is 2.22. The van der Waals surface area contributed by atoms with Crippen molar-refractivity contribution in [3.63, 3.8) is 0 Å². The molecule has 0 bridgehead atoms. The van der Waals surface area contributed by atoms with Crippen LogP contribution in [0.4, 0.5) is 15.8 Å². The van der Waals surface area contributed by atoms with Gasteiger partial charge in [-0.1, -0.05) is 42.0 Å². The van der Waals surface area contributed by atoms with Crippen LogP contribution in [0.3, 0.4) is 0 Å². The van der Waals surface area contributed by atoms with Crippen LogP contribution in [0.15, 0.2) is 54.6 Å². The molecular weight excluding hydrogens is 489 g/mol. The van der Waals surface area contributed by atoms with Gasteiger partial charge < -0.3 is 24.6 Å². The topological polar surface area (TPSA) is 54.0 Å². The summed E-state index contributed by atoms with van der Waals surface area (Å²) in [6.45, 7) is 8.55. The van der Waals surface area contributed by atoms with Crippen molar-refractivity contribution in [2.45, 2.75) is 20.8 Å². The number of halogens is 1. The van der Waals surface area contributed by atoms with E-state index < -0.39 is 0 Å². The van der Waals surface area contributed by atoms with Crippen molar-refractivity contribution in [2.24, 2.45) is 0 Å². The van der Waals surface area contributed by atoms with Gasteiger partial charge in [0.1, 0.15) is 10.8 Å². The molecule has 3 aromatic rings. The molecule has 1 heterocycles. The Morgan fingerprint density at radius 2 is 1.65 bits per heavy atom. The zero-order valence-electron chi connectivity index (χ0n) is 21.6. The molecular formula is C29H32FN3O3S. The van der Waals surface area contributed by atoms with Gasteiger partial charge in [0.2, 0.25) is 0 Å². The van der Waals surface area contributed by atoms with Crippen molar-refractivity contribution in [2.75, 3.05) is 50.1 Å². The molecule has 0 unspecified atom stereocenters. The van der Waals surface area contributed by atoms with Gasteiger partial charge in [-0.25, -0.2) is 4.39 Å². The van der Waals surface area contributed by atoms with E-state index in [1.807, 2.05) is 56.0 Å². The van der Waals surface area contributed by atoms with E-state index in [-0.39, 0.29) is 18.3 Å². The minimum atomic E-state index is -0.246. The van der Waals surface area contributed by atoms with Gasteiger partial charge >= 0.3 is 0 Å². The lowest BCUT2D eigenvalue weighted by Crippen LogP contribution is -2.48. The summed E-state index contributed by atoms with van der Waals surface area (Å²) in [5.74, 6) is 0.507. The van der Waals surface area contributed by atoms with Crippen LogP contribution in [0.2, 0.25) is 0 Å². The molecule has 1 fully saturated rings. The second kappa shape index (κ2) is 11.6.